The lowest BCUT2D eigenvalue weighted by Crippen LogP contribution is -2.62. The molecule has 4 nitrogen and oxygen atoms in total. The number of amides is 2. The molecule has 2 saturated heterocycles. The topological polar surface area (TPSA) is 40.6 Å². The molecule has 0 saturated carbocycles. The summed E-state index contributed by atoms with van der Waals surface area (Å²) in [6.45, 7) is 7.52. The molecule has 2 rings (SSSR count). The first-order valence-electron chi connectivity index (χ1n) is 7.60. The number of nitrogens with zero attached hydrogens (tertiary/aromatic N) is 2. The number of hydrogen-bond acceptors (Lipinski definition) is 2. The van der Waals surface area contributed by atoms with Gasteiger partial charge >= 0.3 is 0 Å². The summed E-state index contributed by atoms with van der Waals surface area (Å²) in [6.07, 6.45) is 5.04. The van der Waals surface area contributed by atoms with Gasteiger partial charge in [0.15, 0.2) is 0 Å². The van der Waals surface area contributed by atoms with Crippen LogP contribution in [-0.2, 0) is 9.59 Å². The quantitative estimate of drug-likeness (QED) is 0.781. The average Bonchev–Trinajstić information content (AvgIpc) is 2.40. The second-order valence-electron chi connectivity index (χ2n) is 6.39. The van der Waals surface area contributed by atoms with Crippen molar-refractivity contribution in [2.24, 2.45) is 5.92 Å². The van der Waals surface area contributed by atoms with E-state index in [1.807, 2.05) is 4.90 Å². The van der Waals surface area contributed by atoms with Gasteiger partial charge in [0.1, 0.15) is 12.6 Å². The predicted octanol–water partition coefficient (Wildman–Crippen LogP) is 2.03. The van der Waals surface area contributed by atoms with Crippen molar-refractivity contribution in [1.82, 2.24) is 9.80 Å². The van der Waals surface area contributed by atoms with Gasteiger partial charge in [0.25, 0.3) is 0 Å². The van der Waals surface area contributed by atoms with Crippen molar-refractivity contribution in [1.29, 1.82) is 0 Å². The highest BCUT2D eigenvalue weighted by Crippen LogP contribution is 2.25. The molecule has 0 N–H and O–H groups in total. The molecule has 0 aliphatic carbocycles. The first-order chi connectivity index (χ1) is 9.00. The molecule has 0 spiro atoms. The normalized spacial score (nSPS) is 25.8. The molecule has 2 atom stereocenters. The lowest BCUT2D eigenvalue weighted by Gasteiger charge is -2.44. The number of carbonyl (C=O) groups is 2. The van der Waals surface area contributed by atoms with E-state index in [-0.39, 0.29) is 30.4 Å². The maximum absolute atomic E-state index is 12.5. The summed E-state index contributed by atoms with van der Waals surface area (Å²) in [7, 11) is 0. The Morgan fingerprint density at radius 1 is 1.16 bits per heavy atom. The molecule has 108 valence electrons. The van der Waals surface area contributed by atoms with Crippen molar-refractivity contribution in [3.05, 3.63) is 0 Å². The molecule has 0 aromatic heterocycles. The Balaban J connectivity index is 2.01. The number of carbonyl (C=O) groups excluding carboxylic acids is 2. The SMILES string of the molecule is CC(C)CCC(C)N1CC(=O)N2CCCCC2C1=O. The number of hydrogen-bond donors (Lipinski definition) is 0. The highest BCUT2D eigenvalue weighted by atomic mass is 16.2. The largest absolute Gasteiger partial charge is 0.329 e. The smallest absolute Gasteiger partial charge is 0.246 e. The standard InChI is InChI=1S/C15H26N2O2/c1-11(2)7-8-12(3)17-10-14(18)16-9-5-4-6-13(16)15(17)19/h11-13H,4-10H2,1-3H3. The molecular weight excluding hydrogens is 240 g/mol. The minimum absolute atomic E-state index is 0.140. The third-order valence-electron chi connectivity index (χ3n) is 4.39. The maximum Gasteiger partial charge on any atom is 0.246 e. The summed E-state index contributed by atoms with van der Waals surface area (Å²) in [5.41, 5.74) is 0. The van der Waals surface area contributed by atoms with E-state index in [0.717, 1.165) is 38.6 Å². The van der Waals surface area contributed by atoms with E-state index in [4.69, 9.17) is 0 Å². The van der Waals surface area contributed by atoms with E-state index in [0.29, 0.717) is 5.92 Å². The summed E-state index contributed by atoms with van der Waals surface area (Å²) in [5, 5.41) is 0. The molecule has 2 unspecified atom stereocenters. The molecule has 0 aromatic carbocycles. The zero-order valence-electron chi connectivity index (χ0n) is 12.4. The fourth-order valence-electron chi connectivity index (χ4n) is 3.10. The minimum atomic E-state index is -0.170. The van der Waals surface area contributed by atoms with E-state index in [1.165, 1.54) is 0 Å². The number of fused-ring (bicyclic) bond motifs is 1. The van der Waals surface area contributed by atoms with Crippen molar-refractivity contribution in [3.8, 4) is 0 Å². The molecule has 0 aromatic rings. The average molecular weight is 266 g/mol. The van der Waals surface area contributed by atoms with Gasteiger partial charge in [-0.1, -0.05) is 13.8 Å². The van der Waals surface area contributed by atoms with E-state index in [2.05, 4.69) is 20.8 Å². The lowest BCUT2D eigenvalue weighted by atomic mass is 9.96. The van der Waals surface area contributed by atoms with Crippen LogP contribution in [0, 0.1) is 5.92 Å². The highest BCUT2D eigenvalue weighted by Gasteiger charge is 2.41. The molecule has 0 bridgehead atoms. The van der Waals surface area contributed by atoms with Crippen LogP contribution in [0.2, 0.25) is 0 Å². The van der Waals surface area contributed by atoms with Crippen LogP contribution in [0.5, 0.6) is 0 Å². The van der Waals surface area contributed by atoms with Crippen molar-refractivity contribution in [2.45, 2.75) is 65.0 Å². The van der Waals surface area contributed by atoms with Gasteiger partial charge in [0.05, 0.1) is 0 Å². The first-order valence-corrected chi connectivity index (χ1v) is 7.60. The molecule has 2 aliphatic rings. The molecule has 0 radical (unpaired) electrons. The van der Waals surface area contributed by atoms with Crippen LogP contribution in [0.15, 0.2) is 0 Å². The summed E-state index contributed by atoms with van der Waals surface area (Å²) in [4.78, 5) is 28.3. The van der Waals surface area contributed by atoms with Crippen LogP contribution in [0.4, 0.5) is 0 Å². The number of piperidine rings is 1. The van der Waals surface area contributed by atoms with Crippen LogP contribution >= 0.6 is 0 Å². The molecular formula is C15H26N2O2. The maximum atomic E-state index is 12.5. The highest BCUT2D eigenvalue weighted by molar-refractivity contribution is 5.95. The molecule has 2 fully saturated rings. The van der Waals surface area contributed by atoms with Crippen molar-refractivity contribution >= 4 is 11.8 Å². The molecule has 4 heteroatoms. The second kappa shape index (κ2) is 5.93. The summed E-state index contributed by atoms with van der Waals surface area (Å²) in [6, 6.07) is 0.0134. The fraction of sp³-hybridized carbons (Fsp3) is 0.867. The van der Waals surface area contributed by atoms with Crippen LogP contribution in [0.3, 0.4) is 0 Å². The van der Waals surface area contributed by atoms with Crippen LogP contribution in [-0.4, -0.2) is 46.8 Å². The third kappa shape index (κ3) is 3.10. The van der Waals surface area contributed by atoms with Gasteiger partial charge < -0.3 is 9.80 Å². The van der Waals surface area contributed by atoms with Crippen LogP contribution in [0.1, 0.15) is 52.9 Å². The second-order valence-corrected chi connectivity index (χ2v) is 6.39. The lowest BCUT2D eigenvalue weighted by molar-refractivity contribution is -0.159. The predicted molar refractivity (Wildman–Crippen MR) is 74.6 cm³/mol. The summed E-state index contributed by atoms with van der Waals surface area (Å²) < 4.78 is 0. The Kier molecular flexibility index (Phi) is 4.48. The van der Waals surface area contributed by atoms with Crippen molar-refractivity contribution < 1.29 is 9.59 Å². The zero-order chi connectivity index (χ0) is 14.0. The molecule has 19 heavy (non-hydrogen) atoms. The molecule has 2 heterocycles. The van der Waals surface area contributed by atoms with Crippen molar-refractivity contribution in [2.75, 3.05) is 13.1 Å². The zero-order valence-corrected chi connectivity index (χ0v) is 12.4. The Morgan fingerprint density at radius 3 is 2.58 bits per heavy atom. The van der Waals surface area contributed by atoms with Crippen LogP contribution in [0.25, 0.3) is 0 Å². The van der Waals surface area contributed by atoms with Crippen molar-refractivity contribution in [3.63, 3.8) is 0 Å². The van der Waals surface area contributed by atoms with Gasteiger partial charge in [-0.3, -0.25) is 9.59 Å². The third-order valence-corrected chi connectivity index (χ3v) is 4.39. The number of rotatable bonds is 4. The van der Waals surface area contributed by atoms with Gasteiger partial charge in [-0.2, -0.15) is 0 Å². The summed E-state index contributed by atoms with van der Waals surface area (Å²) in [5.74, 6) is 0.959. The number of piperazine rings is 1. The summed E-state index contributed by atoms with van der Waals surface area (Å²) >= 11 is 0. The van der Waals surface area contributed by atoms with Crippen LogP contribution < -0.4 is 0 Å². The van der Waals surface area contributed by atoms with Gasteiger partial charge in [-0.05, 0) is 44.9 Å². The Hall–Kier alpha value is -1.06. The molecule has 2 aliphatic heterocycles. The van der Waals surface area contributed by atoms with Gasteiger partial charge in [-0.15, -0.1) is 0 Å². The van der Waals surface area contributed by atoms with E-state index in [9.17, 15) is 9.59 Å². The van der Waals surface area contributed by atoms with Gasteiger partial charge in [0, 0.05) is 12.6 Å². The first kappa shape index (κ1) is 14.4. The monoisotopic (exact) mass is 266 g/mol. The van der Waals surface area contributed by atoms with E-state index < -0.39 is 0 Å². The molecule has 2 amide bonds. The Morgan fingerprint density at radius 2 is 1.89 bits per heavy atom. The fourth-order valence-corrected chi connectivity index (χ4v) is 3.10. The Bertz CT molecular complexity index is 354. The van der Waals surface area contributed by atoms with Gasteiger partial charge in [-0.25, -0.2) is 0 Å². The minimum Gasteiger partial charge on any atom is -0.329 e. The van der Waals surface area contributed by atoms with Gasteiger partial charge in [0.2, 0.25) is 11.8 Å². The Labute approximate surface area is 116 Å². The van der Waals surface area contributed by atoms with E-state index >= 15 is 0 Å². The van der Waals surface area contributed by atoms with E-state index in [1.54, 1.807) is 4.90 Å².